The second-order valence-electron chi connectivity index (χ2n) is 10.0. The molecule has 2 heterocycles. The van der Waals surface area contributed by atoms with E-state index in [1.165, 1.54) is 56.5 Å². The molecule has 8 heteroatoms. The highest BCUT2D eigenvalue weighted by Gasteiger charge is 2.20. The topological polar surface area (TPSA) is 87.1 Å². The highest BCUT2D eigenvalue weighted by molar-refractivity contribution is 6.30. The third-order valence-corrected chi connectivity index (χ3v) is 7.34. The Bertz CT molecular complexity index is 1290. The molecule has 0 bridgehead atoms. The van der Waals surface area contributed by atoms with E-state index in [2.05, 4.69) is 27.2 Å². The van der Waals surface area contributed by atoms with Crippen LogP contribution in [0, 0.1) is 11.7 Å². The minimum Gasteiger partial charge on any atom is -0.394 e. The molecule has 1 aliphatic carbocycles. The zero-order valence-corrected chi connectivity index (χ0v) is 22.4. The van der Waals surface area contributed by atoms with Crippen LogP contribution in [-0.2, 0) is 0 Å². The Hall–Kier alpha value is -3.29. The van der Waals surface area contributed by atoms with E-state index < -0.39 is 5.82 Å². The first kappa shape index (κ1) is 27.7. The van der Waals surface area contributed by atoms with Gasteiger partial charge < -0.3 is 15.7 Å². The quantitative estimate of drug-likeness (QED) is 0.256. The first-order valence-corrected chi connectivity index (χ1v) is 13.5. The fraction of sp³-hybridized carbons (Fsp3) is 0.367. The number of rotatable bonds is 10. The molecule has 0 saturated heterocycles. The maximum atomic E-state index is 14.6. The van der Waals surface area contributed by atoms with E-state index >= 15 is 0 Å². The molecule has 0 aliphatic heterocycles. The first-order valence-electron chi connectivity index (χ1n) is 13.1. The van der Waals surface area contributed by atoms with Gasteiger partial charge in [0.15, 0.2) is 0 Å². The molecule has 3 N–H and O–H groups in total. The lowest BCUT2D eigenvalue weighted by atomic mass is 9.85. The number of nitrogens with one attached hydrogen (secondary N) is 2. The summed E-state index contributed by atoms with van der Waals surface area (Å²) >= 11 is 6.10. The number of carbonyl (C=O) groups excluding carboxylic acids is 1. The Morgan fingerprint density at radius 3 is 2.68 bits per heavy atom. The monoisotopic (exact) mass is 536 g/mol. The Labute approximate surface area is 228 Å². The molecule has 0 unspecified atom stereocenters. The SMILES string of the molecule is C=C(C)c1cnc(-c2cc(Cl)ccc2F)cc1Nc1ccncc1C(=O)N[C@H](CO)CCC1CCCCC1. The third-order valence-electron chi connectivity index (χ3n) is 7.11. The van der Waals surface area contributed by atoms with Crippen LogP contribution in [0.4, 0.5) is 15.8 Å². The number of aliphatic hydroxyl groups excluding tert-OH is 1. The number of allylic oxidation sites excluding steroid dienone is 1. The number of hydrogen-bond acceptors (Lipinski definition) is 5. The zero-order chi connectivity index (χ0) is 27.1. The normalized spacial score (nSPS) is 14.6. The molecule has 1 saturated carbocycles. The lowest BCUT2D eigenvalue weighted by Gasteiger charge is -2.24. The van der Waals surface area contributed by atoms with Gasteiger partial charge >= 0.3 is 0 Å². The summed E-state index contributed by atoms with van der Waals surface area (Å²) in [6.45, 7) is 5.76. The van der Waals surface area contributed by atoms with Gasteiger partial charge in [-0.25, -0.2) is 4.39 Å². The number of carbonyl (C=O) groups is 1. The molecule has 0 radical (unpaired) electrons. The maximum Gasteiger partial charge on any atom is 0.255 e. The average Bonchev–Trinajstić information content (AvgIpc) is 2.93. The van der Waals surface area contributed by atoms with Crippen LogP contribution in [0.2, 0.25) is 5.02 Å². The standard InChI is InChI=1S/C30H34ClFN4O2/c1-19(2)24-17-34-28(23-14-21(31)9-11-26(23)32)15-29(24)36-27-12-13-33-16-25(27)30(38)35-22(18-37)10-8-20-6-4-3-5-7-20/h9,11-17,20,22,37H,1,3-8,10,18H2,2H3,(H,35,38)(H,33,34,36)/t22-/m0/s1. The van der Waals surface area contributed by atoms with Gasteiger partial charge in [-0.2, -0.15) is 0 Å². The molecule has 1 amide bonds. The number of aliphatic hydroxyl groups is 1. The van der Waals surface area contributed by atoms with Crippen molar-refractivity contribution in [2.24, 2.45) is 5.92 Å². The molecule has 6 nitrogen and oxygen atoms in total. The number of aromatic nitrogens is 2. The molecular weight excluding hydrogens is 503 g/mol. The van der Waals surface area contributed by atoms with Crippen LogP contribution in [0.25, 0.3) is 16.8 Å². The van der Waals surface area contributed by atoms with E-state index in [0.29, 0.717) is 33.6 Å². The summed E-state index contributed by atoms with van der Waals surface area (Å²) < 4.78 is 14.6. The highest BCUT2D eigenvalue weighted by Crippen LogP contribution is 2.33. The second-order valence-corrected chi connectivity index (χ2v) is 10.4. The van der Waals surface area contributed by atoms with Crippen LogP contribution in [0.1, 0.15) is 67.8 Å². The molecular formula is C30H34ClFN4O2. The van der Waals surface area contributed by atoms with E-state index in [1.54, 1.807) is 24.5 Å². The lowest BCUT2D eigenvalue weighted by molar-refractivity contribution is 0.0909. The largest absolute Gasteiger partial charge is 0.394 e. The van der Waals surface area contributed by atoms with Crippen molar-refractivity contribution < 1.29 is 14.3 Å². The fourth-order valence-corrected chi connectivity index (χ4v) is 5.13. The van der Waals surface area contributed by atoms with E-state index in [9.17, 15) is 14.3 Å². The van der Waals surface area contributed by atoms with Crippen molar-refractivity contribution in [1.29, 1.82) is 0 Å². The second kappa shape index (κ2) is 13.0. The number of amides is 1. The van der Waals surface area contributed by atoms with Gasteiger partial charge in [-0.15, -0.1) is 0 Å². The number of pyridine rings is 2. The molecule has 38 heavy (non-hydrogen) atoms. The molecule has 0 spiro atoms. The summed E-state index contributed by atoms with van der Waals surface area (Å²) in [5.41, 5.74) is 3.60. The Morgan fingerprint density at radius 2 is 1.95 bits per heavy atom. The summed E-state index contributed by atoms with van der Waals surface area (Å²) in [5.74, 6) is -0.102. The van der Waals surface area contributed by atoms with Gasteiger partial charge in [0.1, 0.15) is 5.82 Å². The molecule has 4 rings (SSSR count). The molecule has 200 valence electrons. The fourth-order valence-electron chi connectivity index (χ4n) is 4.95. The molecule has 1 atom stereocenters. The number of halogens is 2. The molecule has 1 aliphatic rings. The number of nitrogens with zero attached hydrogens (tertiary/aromatic N) is 2. The van der Waals surface area contributed by atoms with Crippen molar-refractivity contribution in [3.05, 3.63) is 77.5 Å². The Kier molecular flexibility index (Phi) is 9.48. The Balaban J connectivity index is 1.56. The summed E-state index contributed by atoms with van der Waals surface area (Å²) in [6, 6.07) is 7.39. The van der Waals surface area contributed by atoms with Crippen molar-refractivity contribution in [3.8, 4) is 11.3 Å². The number of benzene rings is 1. The molecule has 2 aromatic heterocycles. The van der Waals surface area contributed by atoms with Crippen molar-refractivity contribution in [3.63, 3.8) is 0 Å². The molecule has 1 aromatic carbocycles. The minimum atomic E-state index is -0.442. The van der Waals surface area contributed by atoms with Gasteiger partial charge in [0, 0.05) is 40.4 Å². The summed E-state index contributed by atoms with van der Waals surface area (Å²) in [7, 11) is 0. The minimum absolute atomic E-state index is 0.125. The third kappa shape index (κ3) is 6.97. The molecule has 3 aromatic rings. The Morgan fingerprint density at radius 1 is 1.16 bits per heavy atom. The highest BCUT2D eigenvalue weighted by atomic mass is 35.5. The number of anilines is 2. The predicted octanol–water partition coefficient (Wildman–Crippen LogP) is 7.16. The van der Waals surface area contributed by atoms with Gasteiger partial charge in [0.2, 0.25) is 0 Å². The van der Waals surface area contributed by atoms with Crippen LogP contribution in [0.5, 0.6) is 0 Å². The predicted molar refractivity (Wildman–Crippen MR) is 151 cm³/mol. The van der Waals surface area contributed by atoms with Gasteiger partial charge in [-0.1, -0.05) is 50.3 Å². The van der Waals surface area contributed by atoms with E-state index in [1.807, 2.05) is 6.92 Å². The van der Waals surface area contributed by atoms with Gasteiger partial charge in [-0.05, 0) is 61.6 Å². The van der Waals surface area contributed by atoms with Crippen LogP contribution >= 0.6 is 11.6 Å². The van der Waals surface area contributed by atoms with Crippen LogP contribution in [0.15, 0.2) is 55.5 Å². The smallest absolute Gasteiger partial charge is 0.255 e. The van der Waals surface area contributed by atoms with Crippen molar-refractivity contribution in [1.82, 2.24) is 15.3 Å². The lowest BCUT2D eigenvalue weighted by Crippen LogP contribution is -2.38. The van der Waals surface area contributed by atoms with Crippen molar-refractivity contribution in [2.45, 2.75) is 57.9 Å². The van der Waals surface area contributed by atoms with Gasteiger partial charge in [0.05, 0.1) is 29.6 Å². The van der Waals surface area contributed by atoms with E-state index in [4.69, 9.17) is 11.6 Å². The van der Waals surface area contributed by atoms with Crippen molar-refractivity contribution >= 4 is 34.5 Å². The van der Waals surface area contributed by atoms with Crippen LogP contribution < -0.4 is 10.6 Å². The molecule has 1 fully saturated rings. The van der Waals surface area contributed by atoms with Crippen LogP contribution in [-0.4, -0.2) is 33.6 Å². The maximum absolute atomic E-state index is 14.6. The van der Waals surface area contributed by atoms with Crippen LogP contribution in [0.3, 0.4) is 0 Å². The summed E-state index contributed by atoms with van der Waals surface area (Å²) in [5, 5.41) is 16.6. The van der Waals surface area contributed by atoms with Gasteiger partial charge in [0.25, 0.3) is 5.91 Å². The average molecular weight is 537 g/mol. The van der Waals surface area contributed by atoms with Crippen molar-refractivity contribution in [2.75, 3.05) is 11.9 Å². The van der Waals surface area contributed by atoms with E-state index in [-0.39, 0.29) is 24.1 Å². The van der Waals surface area contributed by atoms with Gasteiger partial charge in [-0.3, -0.25) is 14.8 Å². The van der Waals surface area contributed by atoms with E-state index in [0.717, 1.165) is 24.0 Å². The summed E-state index contributed by atoms with van der Waals surface area (Å²) in [6.07, 6.45) is 12.7. The summed E-state index contributed by atoms with van der Waals surface area (Å²) in [4.78, 5) is 21.8. The number of hydrogen-bond donors (Lipinski definition) is 3. The zero-order valence-electron chi connectivity index (χ0n) is 21.6. The first-order chi connectivity index (χ1) is 18.4.